The first-order valence-electron chi connectivity index (χ1n) is 5.14. The summed E-state index contributed by atoms with van der Waals surface area (Å²) >= 11 is 0. The van der Waals surface area contributed by atoms with Crippen LogP contribution in [-0.4, -0.2) is 45.2 Å². The second kappa shape index (κ2) is 3.47. The van der Waals surface area contributed by atoms with Gasteiger partial charge in [-0.1, -0.05) is 0 Å². The number of hydrogen-bond acceptors (Lipinski definition) is 3. The van der Waals surface area contributed by atoms with E-state index in [0.717, 1.165) is 13.1 Å². The molecule has 5 heteroatoms. The summed E-state index contributed by atoms with van der Waals surface area (Å²) < 4.78 is 24.4. The highest BCUT2D eigenvalue weighted by molar-refractivity contribution is 7.88. The van der Waals surface area contributed by atoms with Gasteiger partial charge < -0.3 is 5.32 Å². The van der Waals surface area contributed by atoms with Crippen LogP contribution in [0.25, 0.3) is 0 Å². The van der Waals surface area contributed by atoms with Crippen molar-refractivity contribution in [3.05, 3.63) is 0 Å². The predicted octanol–water partition coefficient (Wildman–Crippen LogP) is -0.124. The molecule has 1 saturated carbocycles. The maximum atomic E-state index is 11.4. The van der Waals surface area contributed by atoms with Crippen LogP contribution >= 0.6 is 0 Å². The van der Waals surface area contributed by atoms with Crippen molar-refractivity contribution in [2.45, 2.75) is 18.9 Å². The zero-order valence-electron chi connectivity index (χ0n) is 8.73. The van der Waals surface area contributed by atoms with Gasteiger partial charge in [0.25, 0.3) is 0 Å². The zero-order chi connectivity index (χ0) is 10.3. The highest BCUT2D eigenvalue weighted by Gasteiger charge is 2.44. The average molecular weight is 218 g/mol. The fourth-order valence-corrected chi connectivity index (χ4v) is 3.76. The summed E-state index contributed by atoms with van der Waals surface area (Å²) in [6.45, 7) is 1.46. The average Bonchev–Trinajstić information content (AvgIpc) is 2.58. The monoisotopic (exact) mass is 218 g/mol. The quantitative estimate of drug-likeness (QED) is 0.703. The lowest BCUT2D eigenvalue weighted by Crippen LogP contribution is -2.34. The van der Waals surface area contributed by atoms with Crippen molar-refractivity contribution >= 4 is 10.0 Å². The first-order valence-corrected chi connectivity index (χ1v) is 6.99. The van der Waals surface area contributed by atoms with Gasteiger partial charge in [-0.05, 0) is 31.7 Å². The molecule has 1 aliphatic heterocycles. The van der Waals surface area contributed by atoms with Gasteiger partial charge in [0.1, 0.15) is 0 Å². The number of rotatable bonds is 2. The molecule has 4 nitrogen and oxygen atoms in total. The second-order valence-electron chi connectivity index (χ2n) is 4.48. The molecule has 0 aromatic rings. The molecule has 2 rings (SSSR count). The second-order valence-corrected chi connectivity index (χ2v) is 6.46. The largest absolute Gasteiger partial charge is 0.317 e. The SMILES string of the molecule is CNC1CCC2CN(S(C)(=O)=O)CC21. The van der Waals surface area contributed by atoms with Gasteiger partial charge >= 0.3 is 0 Å². The third-order valence-electron chi connectivity index (χ3n) is 3.66. The van der Waals surface area contributed by atoms with Crippen LogP contribution in [0, 0.1) is 11.8 Å². The van der Waals surface area contributed by atoms with E-state index in [-0.39, 0.29) is 0 Å². The van der Waals surface area contributed by atoms with Crippen LogP contribution in [0.3, 0.4) is 0 Å². The molecule has 82 valence electrons. The van der Waals surface area contributed by atoms with Gasteiger partial charge in [0.05, 0.1) is 6.26 Å². The summed E-state index contributed by atoms with van der Waals surface area (Å²) in [6, 6.07) is 0.520. The summed E-state index contributed by atoms with van der Waals surface area (Å²) in [4.78, 5) is 0. The van der Waals surface area contributed by atoms with Gasteiger partial charge in [-0.2, -0.15) is 0 Å². The van der Waals surface area contributed by atoms with Crippen LogP contribution in [0.4, 0.5) is 0 Å². The Labute approximate surface area is 85.7 Å². The lowest BCUT2D eigenvalue weighted by molar-refractivity contribution is 0.394. The van der Waals surface area contributed by atoms with Gasteiger partial charge in [-0.25, -0.2) is 12.7 Å². The normalized spacial score (nSPS) is 38.9. The summed E-state index contributed by atoms with van der Waals surface area (Å²) in [5, 5.41) is 3.29. The van der Waals surface area contributed by atoms with Crippen LogP contribution in [-0.2, 0) is 10.0 Å². The smallest absolute Gasteiger partial charge is 0.211 e. The minimum atomic E-state index is -2.97. The third kappa shape index (κ3) is 1.68. The molecule has 3 atom stereocenters. The number of sulfonamides is 1. The van der Waals surface area contributed by atoms with Crippen molar-refractivity contribution in [3.8, 4) is 0 Å². The molecule has 1 saturated heterocycles. The van der Waals surface area contributed by atoms with Crippen molar-refractivity contribution in [2.75, 3.05) is 26.4 Å². The maximum Gasteiger partial charge on any atom is 0.211 e. The Kier molecular flexibility index (Phi) is 2.57. The first-order chi connectivity index (χ1) is 6.52. The minimum Gasteiger partial charge on any atom is -0.317 e. The maximum absolute atomic E-state index is 11.4. The molecule has 2 fully saturated rings. The van der Waals surface area contributed by atoms with E-state index in [0.29, 0.717) is 17.9 Å². The minimum absolute atomic E-state index is 0.520. The number of hydrogen-bond donors (Lipinski definition) is 1. The highest BCUT2D eigenvalue weighted by Crippen LogP contribution is 2.38. The molecule has 1 aliphatic carbocycles. The molecule has 1 N–H and O–H groups in total. The van der Waals surface area contributed by atoms with E-state index < -0.39 is 10.0 Å². The fraction of sp³-hybridized carbons (Fsp3) is 1.00. The molecule has 0 bridgehead atoms. The molecule has 0 radical (unpaired) electrons. The Morgan fingerprint density at radius 2 is 2.00 bits per heavy atom. The van der Waals surface area contributed by atoms with Crippen molar-refractivity contribution in [3.63, 3.8) is 0 Å². The Morgan fingerprint density at radius 1 is 1.29 bits per heavy atom. The van der Waals surface area contributed by atoms with E-state index in [1.165, 1.54) is 19.1 Å². The molecule has 0 aromatic heterocycles. The van der Waals surface area contributed by atoms with Gasteiger partial charge in [-0.3, -0.25) is 0 Å². The van der Waals surface area contributed by atoms with Gasteiger partial charge in [0.15, 0.2) is 0 Å². The number of nitrogens with zero attached hydrogens (tertiary/aromatic N) is 1. The summed E-state index contributed by atoms with van der Waals surface area (Å²) in [6.07, 6.45) is 3.67. The van der Waals surface area contributed by atoms with E-state index in [1.807, 2.05) is 7.05 Å². The predicted molar refractivity (Wildman–Crippen MR) is 55.5 cm³/mol. The Hall–Kier alpha value is -0.130. The topological polar surface area (TPSA) is 49.4 Å². The third-order valence-corrected chi connectivity index (χ3v) is 4.90. The van der Waals surface area contributed by atoms with Crippen molar-refractivity contribution < 1.29 is 8.42 Å². The van der Waals surface area contributed by atoms with E-state index in [4.69, 9.17) is 0 Å². The molecule has 0 aromatic carbocycles. The van der Waals surface area contributed by atoms with Crippen molar-refractivity contribution in [1.82, 2.24) is 9.62 Å². The van der Waals surface area contributed by atoms with Gasteiger partial charge in [0.2, 0.25) is 10.0 Å². The highest BCUT2D eigenvalue weighted by atomic mass is 32.2. The number of nitrogens with one attached hydrogen (secondary N) is 1. The summed E-state index contributed by atoms with van der Waals surface area (Å²) in [5.74, 6) is 1.12. The molecule has 14 heavy (non-hydrogen) atoms. The first kappa shape index (κ1) is 10.4. The van der Waals surface area contributed by atoms with Crippen LogP contribution in [0.1, 0.15) is 12.8 Å². The van der Waals surface area contributed by atoms with Crippen LogP contribution in [0.15, 0.2) is 0 Å². The van der Waals surface area contributed by atoms with Gasteiger partial charge in [0, 0.05) is 19.1 Å². The lowest BCUT2D eigenvalue weighted by Gasteiger charge is -2.18. The molecule has 1 heterocycles. The molecule has 0 amide bonds. The zero-order valence-corrected chi connectivity index (χ0v) is 9.55. The van der Waals surface area contributed by atoms with Crippen molar-refractivity contribution in [1.29, 1.82) is 0 Å². The van der Waals surface area contributed by atoms with Gasteiger partial charge in [-0.15, -0.1) is 0 Å². The van der Waals surface area contributed by atoms with Crippen LogP contribution in [0.5, 0.6) is 0 Å². The fourth-order valence-electron chi connectivity index (χ4n) is 2.85. The Bertz CT molecular complexity index is 315. The number of fused-ring (bicyclic) bond motifs is 1. The van der Waals surface area contributed by atoms with Crippen LogP contribution in [0.2, 0.25) is 0 Å². The van der Waals surface area contributed by atoms with E-state index in [1.54, 1.807) is 4.31 Å². The Morgan fingerprint density at radius 3 is 2.57 bits per heavy atom. The summed E-state index contributed by atoms with van der Waals surface area (Å²) in [7, 11) is -1.00. The molecule has 0 spiro atoms. The van der Waals surface area contributed by atoms with E-state index in [9.17, 15) is 8.42 Å². The standard InChI is InChI=1S/C9H18N2O2S/c1-10-9-4-3-7-5-11(6-8(7)9)14(2,12)13/h7-10H,3-6H2,1-2H3. The van der Waals surface area contributed by atoms with Crippen molar-refractivity contribution in [2.24, 2.45) is 11.8 Å². The molecular weight excluding hydrogens is 200 g/mol. The van der Waals surface area contributed by atoms with E-state index >= 15 is 0 Å². The molecule has 3 unspecified atom stereocenters. The summed E-state index contributed by atoms with van der Waals surface area (Å²) in [5.41, 5.74) is 0. The lowest BCUT2D eigenvalue weighted by atomic mass is 9.98. The van der Waals surface area contributed by atoms with Crippen LogP contribution < -0.4 is 5.32 Å². The molecular formula is C9H18N2O2S. The molecule has 2 aliphatic rings. The van der Waals surface area contributed by atoms with E-state index in [2.05, 4.69) is 5.32 Å². The Balaban J connectivity index is 2.08.